The minimum absolute atomic E-state index is 0.118. The molecule has 1 N–H and O–H groups in total. The molecule has 0 fully saturated rings. The second-order valence-electron chi connectivity index (χ2n) is 8.89. The number of halogens is 3. The van der Waals surface area contributed by atoms with Crippen LogP contribution in [0, 0.1) is 13.8 Å². The van der Waals surface area contributed by atoms with Crippen molar-refractivity contribution in [3.63, 3.8) is 0 Å². The molecule has 0 saturated carbocycles. The molecule has 0 radical (unpaired) electrons. The smallest absolute Gasteiger partial charge is 0.453 e. The second kappa shape index (κ2) is 8.77. The van der Waals surface area contributed by atoms with E-state index in [-0.39, 0.29) is 30.3 Å². The minimum Gasteiger partial charge on any atom is -0.488 e. The molecule has 0 aliphatic carbocycles. The molecule has 1 aromatic carbocycles. The number of carbonyl (C=O) groups excluding carboxylic acids is 1. The molecule has 1 aliphatic heterocycles. The Labute approximate surface area is 194 Å². The summed E-state index contributed by atoms with van der Waals surface area (Å²) in [4.78, 5) is 19.9. The van der Waals surface area contributed by atoms with Gasteiger partial charge in [0.1, 0.15) is 12.2 Å². The number of rotatable bonds is 7. The van der Waals surface area contributed by atoms with Crippen molar-refractivity contribution in [2.75, 3.05) is 13.2 Å². The summed E-state index contributed by atoms with van der Waals surface area (Å²) in [5.41, 5.74) is 2.48. The van der Waals surface area contributed by atoms with Gasteiger partial charge in [0.2, 0.25) is 5.91 Å². The third-order valence-electron chi connectivity index (χ3n) is 5.64. The van der Waals surface area contributed by atoms with E-state index in [1.807, 2.05) is 32.0 Å². The summed E-state index contributed by atoms with van der Waals surface area (Å²) in [6.07, 6.45) is -3.39. The van der Waals surface area contributed by atoms with Crippen molar-refractivity contribution in [2.45, 2.75) is 58.7 Å². The van der Waals surface area contributed by atoms with Crippen LogP contribution >= 0.6 is 0 Å². The molecule has 0 atom stereocenters. The third kappa shape index (κ3) is 4.92. The van der Waals surface area contributed by atoms with Gasteiger partial charge >= 0.3 is 6.18 Å². The van der Waals surface area contributed by atoms with Gasteiger partial charge in [-0.25, -0.2) is 9.50 Å². The maximum absolute atomic E-state index is 12.9. The van der Waals surface area contributed by atoms with E-state index in [9.17, 15) is 18.0 Å². The number of nitrogens with one attached hydrogen (secondary N) is 1. The highest BCUT2D eigenvalue weighted by Crippen LogP contribution is 2.41. The Bertz CT molecular complexity index is 1240. The first kappa shape index (κ1) is 23.8. The summed E-state index contributed by atoms with van der Waals surface area (Å²) >= 11 is 0. The molecular weight excluding hydrogens is 451 g/mol. The molecule has 1 aliphatic rings. The molecule has 3 heterocycles. The van der Waals surface area contributed by atoms with Crippen LogP contribution in [-0.2, 0) is 23.8 Å². The van der Waals surface area contributed by atoms with Crippen LogP contribution in [0.5, 0.6) is 11.5 Å². The van der Waals surface area contributed by atoms with E-state index >= 15 is 0 Å². The average molecular weight is 477 g/mol. The Hall–Kier alpha value is -3.37. The predicted octanol–water partition coefficient (Wildman–Crippen LogP) is 3.60. The summed E-state index contributed by atoms with van der Waals surface area (Å²) < 4.78 is 51.6. The SMILES string of the molecule is Cc1nc2nc(C(F)(F)F)nn2c(C)c1CCC(=O)NCCOc1cccc2c1OC(C)(C)C2. The van der Waals surface area contributed by atoms with Crippen LogP contribution in [0.3, 0.4) is 0 Å². The number of nitrogens with zero attached hydrogens (tertiary/aromatic N) is 4. The monoisotopic (exact) mass is 477 g/mol. The highest BCUT2D eigenvalue weighted by molar-refractivity contribution is 5.76. The van der Waals surface area contributed by atoms with Gasteiger partial charge in [0.15, 0.2) is 11.5 Å². The minimum atomic E-state index is -4.65. The molecule has 34 heavy (non-hydrogen) atoms. The molecule has 1 amide bonds. The van der Waals surface area contributed by atoms with Gasteiger partial charge in [-0.1, -0.05) is 12.1 Å². The van der Waals surface area contributed by atoms with Gasteiger partial charge in [0, 0.05) is 29.8 Å². The molecule has 0 saturated heterocycles. The van der Waals surface area contributed by atoms with Gasteiger partial charge in [0.25, 0.3) is 11.6 Å². The Balaban J connectivity index is 1.31. The highest BCUT2D eigenvalue weighted by Gasteiger charge is 2.37. The van der Waals surface area contributed by atoms with Gasteiger partial charge < -0.3 is 14.8 Å². The lowest BCUT2D eigenvalue weighted by atomic mass is 10.0. The predicted molar refractivity (Wildman–Crippen MR) is 117 cm³/mol. The molecule has 0 spiro atoms. The number of fused-ring (bicyclic) bond motifs is 2. The van der Waals surface area contributed by atoms with Crippen molar-refractivity contribution in [3.05, 3.63) is 46.5 Å². The van der Waals surface area contributed by atoms with Crippen molar-refractivity contribution < 1.29 is 27.4 Å². The molecule has 8 nitrogen and oxygen atoms in total. The summed E-state index contributed by atoms with van der Waals surface area (Å²) in [7, 11) is 0. The van der Waals surface area contributed by atoms with Crippen molar-refractivity contribution >= 4 is 11.7 Å². The van der Waals surface area contributed by atoms with E-state index in [2.05, 4.69) is 20.4 Å². The fourth-order valence-electron chi connectivity index (χ4n) is 4.07. The molecule has 182 valence electrons. The first-order valence-electron chi connectivity index (χ1n) is 10.9. The maximum atomic E-state index is 12.9. The summed E-state index contributed by atoms with van der Waals surface area (Å²) in [6, 6.07) is 5.77. The lowest BCUT2D eigenvalue weighted by Crippen LogP contribution is -2.28. The van der Waals surface area contributed by atoms with Crippen molar-refractivity contribution in [2.24, 2.45) is 0 Å². The zero-order valence-corrected chi connectivity index (χ0v) is 19.4. The molecule has 2 aromatic heterocycles. The largest absolute Gasteiger partial charge is 0.488 e. The van der Waals surface area contributed by atoms with Crippen LogP contribution in [0.4, 0.5) is 13.2 Å². The zero-order valence-electron chi connectivity index (χ0n) is 19.4. The Kier molecular flexibility index (Phi) is 6.13. The molecular formula is C23H26F3N5O3. The van der Waals surface area contributed by atoms with Gasteiger partial charge in [-0.2, -0.15) is 18.2 Å². The normalized spacial score (nSPS) is 14.7. The number of ether oxygens (including phenoxy) is 2. The second-order valence-corrected chi connectivity index (χ2v) is 8.89. The van der Waals surface area contributed by atoms with E-state index in [4.69, 9.17) is 9.47 Å². The topological polar surface area (TPSA) is 90.6 Å². The highest BCUT2D eigenvalue weighted by atomic mass is 19.4. The fourth-order valence-corrected chi connectivity index (χ4v) is 4.07. The number of benzene rings is 1. The van der Waals surface area contributed by atoms with Crippen LogP contribution < -0.4 is 14.8 Å². The molecule has 0 unspecified atom stereocenters. The number of aromatic nitrogens is 4. The number of aryl methyl sites for hydroxylation is 2. The van der Waals surface area contributed by atoms with Crippen molar-refractivity contribution in [3.8, 4) is 11.5 Å². The quantitative estimate of drug-likeness (QED) is 0.523. The van der Waals surface area contributed by atoms with E-state index in [1.54, 1.807) is 13.8 Å². The molecule has 0 bridgehead atoms. The first-order valence-corrected chi connectivity index (χ1v) is 10.9. The number of amides is 1. The Morgan fingerprint density at radius 2 is 2.03 bits per heavy atom. The number of hydrogen-bond acceptors (Lipinski definition) is 6. The first-order chi connectivity index (χ1) is 15.9. The standard InChI is InChI=1S/C23H26F3N5O3/c1-13-16(14(2)31-21(28-13)29-20(30-31)23(24,25)26)8-9-18(32)27-10-11-33-17-7-5-6-15-12-22(3,4)34-19(15)17/h5-7H,8-12H2,1-4H3,(H,27,32). The summed E-state index contributed by atoms with van der Waals surface area (Å²) in [6.45, 7) is 7.93. The maximum Gasteiger partial charge on any atom is 0.453 e. The Morgan fingerprint density at radius 1 is 1.26 bits per heavy atom. The average Bonchev–Trinajstić information content (AvgIpc) is 3.31. The zero-order chi connectivity index (χ0) is 24.7. The number of alkyl halides is 3. The molecule has 3 aromatic rings. The van der Waals surface area contributed by atoms with Crippen LogP contribution in [0.25, 0.3) is 5.78 Å². The van der Waals surface area contributed by atoms with Crippen molar-refractivity contribution in [1.29, 1.82) is 0 Å². The number of hydrogen-bond donors (Lipinski definition) is 1. The lowest BCUT2D eigenvalue weighted by molar-refractivity contribution is -0.144. The van der Waals surface area contributed by atoms with E-state index in [0.717, 1.165) is 22.2 Å². The van der Waals surface area contributed by atoms with E-state index in [0.29, 0.717) is 35.7 Å². The van der Waals surface area contributed by atoms with Crippen molar-refractivity contribution in [1.82, 2.24) is 24.9 Å². The van der Waals surface area contributed by atoms with Crippen LogP contribution in [-0.4, -0.2) is 44.2 Å². The number of carbonyl (C=O) groups is 1. The van der Waals surface area contributed by atoms with Gasteiger partial charge in [-0.15, -0.1) is 5.10 Å². The molecule has 11 heteroatoms. The van der Waals surface area contributed by atoms with E-state index in [1.165, 1.54) is 0 Å². The van der Waals surface area contributed by atoms with Crippen LogP contribution in [0.2, 0.25) is 0 Å². The van der Waals surface area contributed by atoms with Gasteiger partial charge in [-0.05, 0) is 45.7 Å². The van der Waals surface area contributed by atoms with Gasteiger partial charge in [-0.3, -0.25) is 4.79 Å². The third-order valence-corrected chi connectivity index (χ3v) is 5.64. The Morgan fingerprint density at radius 3 is 2.76 bits per heavy atom. The lowest BCUT2D eigenvalue weighted by Gasteiger charge is -2.18. The van der Waals surface area contributed by atoms with Crippen LogP contribution in [0.1, 0.15) is 48.6 Å². The molecule has 4 rings (SSSR count). The van der Waals surface area contributed by atoms with E-state index < -0.39 is 12.0 Å². The fraction of sp³-hybridized carbons (Fsp3) is 0.478. The van der Waals surface area contributed by atoms with Crippen LogP contribution in [0.15, 0.2) is 18.2 Å². The summed E-state index contributed by atoms with van der Waals surface area (Å²) in [5, 5.41) is 6.32. The van der Waals surface area contributed by atoms with Gasteiger partial charge in [0.05, 0.1) is 6.54 Å². The number of para-hydroxylation sites is 1. The summed E-state index contributed by atoms with van der Waals surface area (Å²) in [5.74, 6) is -0.168.